The number of nitrogens with zero attached hydrogens (tertiary/aromatic N) is 1. The Kier molecular flexibility index (Phi) is 5.12. The predicted octanol–water partition coefficient (Wildman–Crippen LogP) is 4.38. The maximum atomic E-state index is 12.4. The molecule has 0 saturated carbocycles. The Hall–Kier alpha value is -2.40. The molecule has 22 heavy (non-hydrogen) atoms. The van der Waals surface area contributed by atoms with E-state index in [4.69, 9.17) is 11.6 Å². The molecule has 5 nitrogen and oxygen atoms in total. The minimum Gasteiger partial charge on any atom is -0.324 e. The minimum absolute atomic E-state index is 0.113. The highest BCUT2D eigenvalue weighted by molar-refractivity contribution is 6.34. The summed E-state index contributed by atoms with van der Waals surface area (Å²) in [6, 6.07) is 13.4. The summed E-state index contributed by atoms with van der Waals surface area (Å²) in [5.74, 6) is -0.489. The molecule has 0 unspecified atom stereocenters. The van der Waals surface area contributed by atoms with Crippen molar-refractivity contribution in [3.63, 3.8) is 0 Å². The summed E-state index contributed by atoms with van der Waals surface area (Å²) in [6.45, 7) is 1.93. The van der Waals surface area contributed by atoms with Crippen LogP contribution in [-0.4, -0.2) is 10.8 Å². The van der Waals surface area contributed by atoms with Gasteiger partial charge in [-0.1, -0.05) is 48.9 Å². The van der Waals surface area contributed by atoms with Gasteiger partial charge < -0.3 is 5.32 Å². The average molecular weight is 319 g/mol. The van der Waals surface area contributed by atoms with Crippen LogP contribution in [0.15, 0.2) is 48.5 Å². The molecule has 0 fully saturated rings. The Balaban J connectivity index is 2.19. The van der Waals surface area contributed by atoms with Crippen molar-refractivity contribution in [1.29, 1.82) is 0 Å². The van der Waals surface area contributed by atoms with Gasteiger partial charge in [0.2, 0.25) is 5.91 Å². The number of rotatable bonds is 5. The quantitative estimate of drug-likeness (QED) is 0.656. The van der Waals surface area contributed by atoms with E-state index in [1.165, 1.54) is 18.2 Å². The average Bonchev–Trinajstić information content (AvgIpc) is 2.51. The van der Waals surface area contributed by atoms with Crippen LogP contribution < -0.4 is 5.32 Å². The highest BCUT2D eigenvalue weighted by Gasteiger charge is 2.20. The van der Waals surface area contributed by atoms with Crippen LogP contribution in [0.3, 0.4) is 0 Å². The maximum absolute atomic E-state index is 12.4. The molecule has 0 radical (unpaired) electrons. The molecule has 2 aromatic carbocycles. The number of halogens is 1. The van der Waals surface area contributed by atoms with Gasteiger partial charge in [-0.25, -0.2) is 0 Å². The SMILES string of the molecule is CC[C@H](C(=O)Nc1ccc([N+](=O)[O-])cc1Cl)c1ccccc1. The van der Waals surface area contributed by atoms with Crippen LogP contribution in [0.25, 0.3) is 0 Å². The lowest BCUT2D eigenvalue weighted by molar-refractivity contribution is -0.384. The first-order valence-corrected chi connectivity index (χ1v) is 7.20. The van der Waals surface area contributed by atoms with E-state index in [9.17, 15) is 14.9 Å². The molecule has 0 bridgehead atoms. The molecule has 1 N–H and O–H groups in total. The van der Waals surface area contributed by atoms with Crippen molar-refractivity contribution in [2.24, 2.45) is 0 Å². The third-order valence-corrected chi connectivity index (χ3v) is 3.66. The Morgan fingerprint density at radius 3 is 2.50 bits per heavy atom. The van der Waals surface area contributed by atoms with E-state index in [1.807, 2.05) is 37.3 Å². The largest absolute Gasteiger partial charge is 0.324 e. The molecule has 2 aromatic rings. The van der Waals surface area contributed by atoms with Gasteiger partial charge in [0.15, 0.2) is 0 Å². The lowest BCUT2D eigenvalue weighted by Gasteiger charge is -2.16. The summed E-state index contributed by atoms with van der Waals surface area (Å²) in [4.78, 5) is 22.6. The molecule has 2 rings (SSSR count). The molecule has 0 aliphatic carbocycles. The topological polar surface area (TPSA) is 72.2 Å². The molecule has 1 atom stereocenters. The standard InChI is InChI=1S/C16H15ClN2O3/c1-2-13(11-6-4-3-5-7-11)16(20)18-15-9-8-12(19(21)22)10-14(15)17/h3-10,13H,2H2,1H3,(H,18,20)/t13-/m0/s1. The van der Waals surface area contributed by atoms with E-state index in [0.29, 0.717) is 12.1 Å². The van der Waals surface area contributed by atoms with Gasteiger partial charge in [-0.2, -0.15) is 0 Å². The van der Waals surface area contributed by atoms with Crippen LogP contribution in [-0.2, 0) is 4.79 Å². The first-order valence-electron chi connectivity index (χ1n) is 6.82. The minimum atomic E-state index is -0.531. The van der Waals surface area contributed by atoms with E-state index in [1.54, 1.807) is 0 Å². The second-order valence-electron chi connectivity index (χ2n) is 4.78. The number of nitro groups is 1. The normalized spacial score (nSPS) is 11.7. The molecule has 114 valence electrons. The number of benzene rings is 2. The van der Waals surface area contributed by atoms with Crippen LogP contribution in [0.5, 0.6) is 0 Å². The smallest absolute Gasteiger partial charge is 0.271 e. The zero-order valence-corrected chi connectivity index (χ0v) is 12.7. The number of hydrogen-bond donors (Lipinski definition) is 1. The van der Waals surface area contributed by atoms with Gasteiger partial charge in [0.1, 0.15) is 0 Å². The van der Waals surface area contributed by atoms with Crippen molar-refractivity contribution in [3.05, 3.63) is 69.2 Å². The fraction of sp³-hybridized carbons (Fsp3) is 0.188. The van der Waals surface area contributed by atoms with Crippen molar-refractivity contribution in [2.45, 2.75) is 19.3 Å². The van der Waals surface area contributed by atoms with E-state index >= 15 is 0 Å². The summed E-state index contributed by atoms with van der Waals surface area (Å²) in [7, 11) is 0. The molecule has 0 aliphatic heterocycles. The van der Waals surface area contributed by atoms with Gasteiger partial charge in [-0.3, -0.25) is 14.9 Å². The van der Waals surface area contributed by atoms with Crippen molar-refractivity contribution >= 4 is 28.9 Å². The van der Waals surface area contributed by atoms with E-state index in [-0.39, 0.29) is 22.5 Å². The lowest BCUT2D eigenvalue weighted by atomic mass is 9.95. The van der Waals surface area contributed by atoms with Crippen molar-refractivity contribution < 1.29 is 9.72 Å². The number of amides is 1. The number of nitro benzene ring substituents is 1. The maximum Gasteiger partial charge on any atom is 0.271 e. The molecular weight excluding hydrogens is 304 g/mol. The van der Waals surface area contributed by atoms with E-state index in [0.717, 1.165) is 5.56 Å². The van der Waals surface area contributed by atoms with Crippen LogP contribution in [0.2, 0.25) is 5.02 Å². The zero-order valence-electron chi connectivity index (χ0n) is 12.0. The van der Waals surface area contributed by atoms with Gasteiger partial charge in [0.05, 0.1) is 21.6 Å². The summed E-state index contributed by atoms with van der Waals surface area (Å²) >= 11 is 5.99. The Labute approximate surface area is 133 Å². The number of non-ortho nitro benzene ring substituents is 1. The molecular formula is C16H15ClN2O3. The van der Waals surface area contributed by atoms with Crippen molar-refractivity contribution in [2.75, 3.05) is 5.32 Å². The third-order valence-electron chi connectivity index (χ3n) is 3.35. The van der Waals surface area contributed by atoms with Crippen LogP contribution in [0, 0.1) is 10.1 Å². The lowest BCUT2D eigenvalue weighted by Crippen LogP contribution is -2.20. The monoisotopic (exact) mass is 318 g/mol. The fourth-order valence-corrected chi connectivity index (χ4v) is 2.42. The number of carbonyl (C=O) groups excluding carboxylic acids is 1. The Morgan fingerprint density at radius 1 is 1.27 bits per heavy atom. The van der Waals surface area contributed by atoms with E-state index in [2.05, 4.69) is 5.32 Å². The predicted molar refractivity (Wildman–Crippen MR) is 86.2 cm³/mol. The van der Waals surface area contributed by atoms with Gasteiger partial charge in [0.25, 0.3) is 5.69 Å². The third kappa shape index (κ3) is 3.62. The molecule has 0 aromatic heterocycles. The van der Waals surface area contributed by atoms with Gasteiger partial charge in [-0.05, 0) is 18.1 Å². The fourth-order valence-electron chi connectivity index (χ4n) is 2.20. The molecule has 1 amide bonds. The van der Waals surface area contributed by atoms with Gasteiger partial charge in [0, 0.05) is 12.1 Å². The van der Waals surface area contributed by atoms with Gasteiger partial charge in [-0.15, -0.1) is 0 Å². The molecule has 0 spiro atoms. The zero-order chi connectivity index (χ0) is 16.1. The van der Waals surface area contributed by atoms with Crippen LogP contribution in [0.4, 0.5) is 11.4 Å². The van der Waals surface area contributed by atoms with E-state index < -0.39 is 4.92 Å². The highest BCUT2D eigenvalue weighted by atomic mass is 35.5. The van der Waals surface area contributed by atoms with Crippen molar-refractivity contribution in [3.8, 4) is 0 Å². The Bertz CT molecular complexity index is 689. The highest BCUT2D eigenvalue weighted by Crippen LogP contribution is 2.28. The summed E-state index contributed by atoms with van der Waals surface area (Å²) in [5.41, 5.74) is 1.17. The summed E-state index contributed by atoms with van der Waals surface area (Å²) in [5, 5.41) is 13.6. The number of nitrogens with one attached hydrogen (secondary N) is 1. The second-order valence-corrected chi connectivity index (χ2v) is 5.19. The first-order chi connectivity index (χ1) is 10.5. The molecule has 0 saturated heterocycles. The molecule has 0 heterocycles. The molecule has 6 heteroatoms. The number of carbonyl (C=O) groups is 1. The Morgan fingerprint density at radius 2 is 1.95 bits per heavy atom. The first kappa shape index (κ1) is 16.0. The van der Waals surface area contributed by atoms with Crippen LogP contribution in [0.1, 0.15) is 24.8 Å². The molecule has 0 aliphatic rings. The van der Waals surface area contributed by atoms with Gasteiger partial charge >= 0.3 is 0 Å². The van der Waals surface area contributed by atoms with Crippen molar-refractivity contribution in [1.82, 2.24) is 0 Å². The van der Waals surface area contributed by atoms with Crippen LogP contribution >= 0.6 is 11.6 Å². The summed E-state index contributed by atoms with van der Waals surface area (Å²) < 4.78 is 0. The summed E-state index contributed by atoms with van der Waals surface area (Å²) in [6.07, 6.45) is 0.639. The second kappa shape index (κ2) is 7.04. The number of hydrogen-bond acceptors (Lipinski definition) is 3. The number of anilines is 1.